The smallest absolute Gasteiger partial charge is 0.0843 e. The second-order valence-electron chi connectivity index (χ2n) is 6.32. The molecular formula is C18H28Si. The van der Waals surface area contributed by atoms with Gasteiger partial charge in [0.15, 0.2) is 0 Å². The molecule has 0 aliphatic carbocycles. The lowest BCUT2D eigenvalue weighted by Gasteiger charge is -2.21. The lowest BCUT2D eigenvalue weighted by atomic mass is 10.1. The van der Waals surface area contributed by atoms with E-state index in [1.54, 1.807) is 5.19 Å². The molecule has 0 spiro atoms. The van der Waals surface area contributed by atoms with Gasteiger partial charge in [0.05, 0.1) is 8.07 Å². The third-order valence-corrected chi connectivity index (χ3v) is 6.73. The molecule has 1 aromatic rings. The van der Waals surface area contributed by atoms with Crippen LogP contribution in [0.15, 0.2) is 53.6 Å². The molecular weight excluding hydrogens is 244 g/mol. The van der Waals surface area contributed by atoms with E-state index in [2.05, 4.69) is 76.3 Å². The van der Waals surface area contributed by atoms with Gasteiger partial charge in [-0.25, -0.2) is 0 Å². The monoisotopic (exact) mass is 272 g/mol. The summed E-state index contributed by atoms with van der Waals surface area (Å²) in [6.45, 7) is 11.5. The van der Waals surface area contributed by atoms with E-state index in [0.717, 1.165) is 0 Å². The molecule has 0 heterocycles. The molecule has 0 aliphatic rings. The highest BCUT2D eigenvalue weighted by Gasteiger charge is 2.21. The van der Waals surface area contributed by atoms with E-state index >= 15 is 0 Å². The summed E-state index contributed by atoms with van der Waals surface area (Å²) in [7, 11) is -1.30. The van der Waals surface area contributed by atoms with Crippen molar-refractivity contribution in [2.24, 2.45) is 0 Å². The van der Waals surface area contributed by atoms with Gasteiger partial charge in [0.1, 0.15) is 0 Å². The van der Waals surface area contributed by atoms with E-state index in [4.69, 9.17) is 0 Å². The second-order valence-corrected chi connectivity index (χ2v) is 11.1. The summed E-state index contributed by atoms with van der Waals surface area (Å²) in [4.78, 5) is 0. The van der Waals surface area contributed by atoms with Crippen LogP contribution >= 0.6 is 0 Å². The maximum Gasteiger partial charge on any atom is 0.0843 e. The highest BCUT2D eigenvalue weighted by atomic mass is 28.3. The Kier molecular flexibility index (Phi) is 6.30. The summed E-state index contributed by atoms with van der Waals surface area (Å²) < 4.78 is 0. The Balaban J connectivity index is 2.57. The molecule has 1 rings (SSSR count). The van der Waals surface area contributed by atoms with Crippen LogP contribution in [0.1, 0.15) is 33.6 Å². The van der Waals surface area contributed by atoms with Crippen molar-refractivity contribution in [3.8, 4) is 0 Å². The fourth-order valence-electron chi connectivity index (χ4n) is 2.13. The SMILES string of the molecule is CC(C)=CCC/C(C)=C/C[Si](C)(C)c1ccccc1. The minimum atomic E-state index is -1.30. The summed E-state index contributed by atoms with van der Waals surface area (Å²) in [5.41, 5.74) is 2.96. The van der Waals surface area contributed by atoms with Crippen molar-refractivity contribution in [2.75, 3.05) is 0 Å². The fraction of sp³-hybridized carbons (Fsp3) is 0.444. The number of benzene rings is 1. The van der Waals surface area contributed by atoms with E-state index in [1.807, 2.05) is 0 Å². The van der Waals surface area contributed by atoms with Crippen LogP contribution in [0.25, 0.3) is 0 Å². The zero-order valence-corrected chi connectivity index (χ0v) is 14.2. The third kappa shape index (κ3) is 6.06. The summed E-state index contributed by atoms with van der Waals surface area (Å²) in [5.74, 6) is 0. The van der Waals surface area contributed by atoms with Gasteiger partial charge in [0.25, 0.3) is 0 Å². The van der Waals surface area contributed by atoms with E-state index in [9.17, 15) is 0 Å². The Morgan fingerprint density at radius 1 is 1.00 bits per heavy atom. The van der Waals surface area contributed by atoms with E-state index in [0.29, 0.717) is 0 Å². The van der Waals surface area contributed by atoms with Gasteiger partial charge in [0.2, 0.25) is 0 Å². The molecule has 0 saturated carbocycles. The zero-order chi connectivity index (χ0) is 14.3. The average Bonchev–Trinajstić information content (AvgIpc) is 2.37. The zero-order valence-electron chi connectivity index (χ0n) is 13.2. The summed E-state index contributed by atoms with van der Waals surface area (Å²) in [6, 6.07) is 12.3. The van der Waals surface area contributed by atoms with Gasteiger partial charge in [-0.1, -0.05) is 71.9 Å². The summed E-state index contributed by atoms with van der Waals surface area (Å²) >= 11 is 0. The molecule has 0 unspecified atom stereocenters. The van der Waals surface area contributed by atoms with Crippen LogP contribution in [0, 0.1) is 0 Å². The molecule has 0 atom stereocenters. The van der Waals surface area contributed by atoms with E-state index in [1.165, 1.54) is 30.0 Å². The molecule has 104 valence electrons. The second kappa shape index (κ2) is 7.49. The Hall–Kier alpha value is -1.08. The molecule has 0 aromatic heterocycles. The normalized spacial score (nSPS) is 12.4. The molecule has 0 bridgehead atoms. The first-order chi connectivity index (χ1) is 8.92. The molecule has 0 aliphatic heterocycles. The van der Waals surface area contributed by atoms with Gasteiger partial charge < -0.3 is 0 Å². The summed E-state index contributed by atoms with van der Waals surface area (Å²) in [5, 5.41) is 1.56. The molecule has 0 amide bonds. The minimum Gasteiger partial charge on any atom is -0.0879 e. The number of rotatable bonds is 6. The predicted octanol–water partition coefficient (Wildman–Crippen LogP) is 5.29. The predicted molar refractivity (Wildman–Crippen MR) is 90.8 cm³/mol. The van der Waals surface area contributed by atoms with Gasteiger partial charge in [0, 0.05) is 0 Å². The third-order valence-electron chi connectivity index (χ3n) is 3.61. The van der Waals surface area contributed by atoms with Crippen molar-refractivity contribution in [1.82, 2.24) is 0 Å². The van der Waals surface area contributed by atoms with E-state index in [-0.39, 0.29) is 0 Å². The molecule has 1 aromatic carbocycles. The first-order valence-electron chi connectivity index (χ1n) is 7.26. The Morgan fingerprint density at radius 3 is 2.21 bits per heavy atom. The van der Waals surface area contributed by atoms with Crippen molar-refractivity contribution >= 4 is 13.3 Å². The summed E-state index contributed by atoms with van der Waals surface area (Å²) in [6.07, 6.45) is 7.18. The van der Waals surface area contributed by atoms with Gasteiger partial charge >= 0.3 is 0 Å². The molecule has 0 nitrogen and oxygen atoms in total. The maximum atomic E-state index is 2.47. The van der Waals surface area contributed by atoms with Crippen LogP contribution in [0.2, 0.25) is 19.1 Å². The van der Waals surface area contributed by atoms with Crippen molar-refractivity contribution in [3.05, 3.63) is 53.6 Å². The lowest BCUT2D eigenvalue weighted by Crippen LogP contribution is -2.40. The Morgan fingerprint density at radius 2 is 1.63 bits per heavy atom. The van der Waals surface area contributed by atoms with Crippen molar-refractivity contribution < 1.29 is 0 Å². The van der Waals surface area contributed by atoms with Gasteiger partial charge in [-0.05, 0) is 39.7 Å². The van der Waals surface area contributed by atoms with Gasteiger partial charge in [-0.3, -0.25) is 0 Å². The van der Waals surface area contributed by atoms with Crippen LogP contribution in [0.4, 0.5) is 0 Å². The Bertz CT molecular complexity index is 434. The molecule has 0 fully saturated rings. The maximum absolute atomic E-state index is 2.47. The van der Waals surface area contributed by atoms with Crippen molar-refractivity contribution in [2.45, 2.75) is 52.8 Å². The number of hydrogen-bond acceptors (Lipinski definition) is 0. The van der Waals surface area contributed by atoms with Crippen LogP contribution in [-0.4, -0.2) is 8.07 Å². The van der Waals surface area contributed by atoms with Crippen molar-refractivity contribution in [1.29, 1.82) is 0 Å². The first kappa shape index (κ1) is 16.0. The van der Waals surface area contributed by atoms with Crippen LogP contribution in [0.5, 0.6) is 0 Å². The van der Waals surface area contributed by atoms with Crippen LogP contribution < -0.4 is 5.19 Å². The highest BCUT2D eigenvalue weighted by molar-refractivity contribution is 6.90. The molecule has 0 N–H and O–H groups in total. The molecule has 0 radical (unpaired) electrons. The van der Waals surface area contributed by atoms with Crippen LogP contribution in [-0.2, 0) is 0 Å². The number of hydrogen-bond donors (Lipinski definition) is 0. The first-order valence-corrected chi connectivity index (χ1v) is 10.5. The molecule has 19 heavy (non-hydrogen) atoms. The quantitative estimate of drug-likeness (QED) is 0.487. The lowest BCUT2D eigenvalue weighted by molar-refractivity contribution is 0.963. The largest absolute Gasteiger partial charge is 0.0879 e. The average molecular weight is 273 g/mol. The van der Waals surface area contributed by atoms with Crippen LogP contribution in [0.3, 0.4) is 0 Å². The highest BCUT2D eigenvalue weighted by Crippen LogP contribution is 2.15. The molecule has 0 saturated heterocycles. The standard InChI is InChI=1S/C18H28Si/c1-16(2)10-9-11-17(3)14-15-19(4,5)18-12-7-6-8-13-18/h6-8,10,12-14H,9,11,15H2,1-5H3/b17-14+. The van der Waals surface area contributed by atoms with Gasteiger partial charge in [-0.15, -0.1) is 0 Å². The van der Waals surface area contributed by atoms with E-state index < -0.39 is 8.07 Å². The number of allylic oxidation sites excluding steroid dienone is 4. The van der Waals surface area contributed by atoms with Gasteiger partial charge in [-0.2, -0.15) is 0 Å². The van der Waals surface area contributed by atoms with Crippen molar-refractivity contribution in [3.63, 3.8) is 0 Å². The molecule has 1 heteroatoms. The fourth-order valence-corrected chi connectivity index (χ4v) is 4.32. The topological polar surface area (TPSA) is 0 Å². The minimum absolute atomic E-state index is 1.18. The Labute approximate surface area is 120 Å².